The lowest BCUT2D eigenvalue weighted by Gasteiger charge is -1.70. The van der Waals surface area contributed by atoms with Gasteiger partial charge < -0.3 is 0 Å². The Labute approximate surface area is 52.8 Å². The van der Waals surface area contributed by atoms with Crippen LogP contribution in [0.15, 0.2) is 11.4 Å². The molecule has 0 aliphatic rings. The zero-order valence-corrected chi connectivity index (χ0v) is 5.37. The van der Waals surface area contributed by atoms with E-state index in [4.69, 9.17) is 0 Å². The summed E-state index contributed by atoms with van der Waals surface area (Å²) in [6.07, 6.45) is 0.865. The first-order valence-electron chi connectivity index (χ1n) is 2.33. The second-order valence-corrected chi connectivity index (χ2v) is 2.72. The van der Waals surface area contributed by atoms with Gasteiger partial charge >= 0.3 is 0 Å². The average molecular weight is 124 g/mol. The Balaban J connectivity index is 3.00. The molecule has 0 spiro atoms. The van der Waals surface area contributed by atoms with Crippen molar-refractivity contribution >= 4 is 30.2 Å². The third-order valence-corrected chi connectivity index (χ3v) is 1.77. The predicted octanol–water partition coefficient (Wildman–Crippen LogP) is -0.181. The normalized spacial score (nSPS) is 9.00. The molecule has 0 aromatic carbocycles. The molecule has 0 saturated heterocycles. The van der Waals surface area contributed by atoms with Crippen LogP contribution in [0.2, 0.25) is 0 Å². The molecule has 0 atom stereocenters. The van der Waals surface area contributed by atoms with Crippen molar-refractivity contribution in [2.24, 2.45) is 0 Å². The third-order valence-electron chi connectivity index (χ3n) is 0.887. The van der Waals surface area contributed by atoms with E-state index in [1.165, 1.54) is 4.78 Å². The lowest BCUT2D eigenvalue weighted by Crippen LogP contribution is -1.90. The van der Waals surface area contributed by atoms with Crippen LogP contribution in [0.3, 0.4) is 0 Å². The number of hydrogen-bond donors (Lipinski definition) is 0. The molecule has 1 nitrogen and oxygen atoms in total. The molecule has 1 rings (SSSR count). The van der Waals surface area contributed by atoms with Crippen LogP contribution in [-0.4, -0.2) is 14.1 Å². The van der Waals surface area contributed by atoms with Gasteiger partial charge in [0.15, 0.2) is 14.1 Å². The Hall–Kier alpha value is -0.565. The molecule has 3 heteroatoms. The molecule has 0 amide bonds. The summed E-state index contributed by atoms with van der Waals surface area (Å²) in [5, 5.41) is 1.85. The SMILES string of the molecule is Bc1cc(C=O)cs1. The topological polar surface area (TPSA) is 17.1 Å². The quantitative estimate of drug-likeness (QED) is 0.375. The maximum Gasteiger partial charge on any atom is 0.152 e. The van der Waals surface area contributed by atoms with Crippen molar-refractivity contribution in [1.82, 2.24) is 0 Å². The molecule has 0 fully saturated rings. The van der Waals surface area contributed by atoms with E-state index in [0.29, 0.717) is 0 Å². The van der Waals surface area contributed by atoms with Gasteiger partial charge in [-0.3, -0.25) is 4.79 Å². The third kappa shape index (κ3) is 0.982. The monoisotopic (exact) mass is 124 g/mol. The number of carbonyl (C=O) groups excluding carboxylic acids is 1. The van der Waals surface area contributed by atoms with Gasteiger partial charge in [-0.15, -0.1) is 0 Å². The summed E-state index contributed by atoms with van der Waals surface area (Å²) < 4.78 is 1.19. The van der Waals surface area contributed by atoms with Crippen LogP contribution in [0.4, 0.5) is 0 Å². The van der Waals surface area contributed by atoms with E-state index >= 15 is 0 Å². The highest BCUT2D eigenvalue weighted by molar-refractivity contribution is 7.18. The van der Waals surface area contributed by atoms with Gasteiger partial charge in [-0.2, -0.15) is 11.3 Å². The first-order valence-corrected chi connectivity index (χ1v) is 3.21. The molecule has 40 valence electrons. The maximum absolute atomic E-state index is 10.0. The van der Waals surface area contributed by atoms with Crippen molar-refractivity contribution in [3.8, 4) is 0 Å². The van der Waals surface area contributed by atoms with Gasteiger partial charge in [0.25, 0.3) is 0 Å². The highest BCUT2D eigenvalue weighted by Crippen LogP contribution is 1.97. The standard InChI is InChI=1S/C5H5BOS/c6-5-1-4(2-7)3-8-5/h1-3H,6H2. The molecule has 1 heterocycles. The number of thiophene rings is 1. The average Bonchev–Trinajstić information content (AvgIpc) is 2.14. The lowest BCUT2D eigenvalue weighted by atomic mass is 10.1. The first-order chi connectivity index (χ1) is 3.83. The molecule has 8 heavy (non-hydrogen) atoms. The molecule has 1 aromatic heterocycles. The molecule has 0 N–H and O–H groups in total. The van der Waals surface area contributed by atoms with E-state index in [0.717, 1.165) is 11.8 Å². The fraction of sp³-hybridized carbons (Fsp3) is 0. The van der Waals surface area contributed by atoms with Crippen LogP contribution >= 0.6 is 11.3 Å². The van der Waals surface area contributed by atoms with E-state index in [1.807, 2.05) is 19.3 Å². The molecular formula is C5H5BOS. The van der Waals surface area contributed by atoms with Crippen molar-refractivity contribution < 1.29 is 4.79 Å². The van der Waals surface area contributed by atoms with Crippen molar-refractivity contribution in [2.45, 2.75) is 0 Å². The summed E-state index contributed by atoms with van der Waals surface area (Å²) in [6, 6.07) is 1.87. The van der Waals surface area contributed by atoms with Crippen molar-refractivity contribution in [3.05, 3.63) is 17.0 Å². The summed E-state index contributed by atoms with van der Waals surface area (Å²) in [5.41, 5.74) is 0.785. The largest absolute Gasteiger partial charge is 0.298 e. The molecular weight excluding hydrogens is 119 g/mol. The van der Waals surface area contributed by atoms with Gasteiger partial charge in [-0.25, -0.2) is 0 Å². The highest BCUT2D eigenvalue weighted by Gasteiger charge is 1.89. The summed E-state index contributed by atoms with van der Waals surface area (Å²) in [6.45, 7) is 0. The Morgan fingerprint density at radius 2 is 2.50 bits per heavy atom. The highest BCUT2D eigenvalue weighted by atomic mass is 32.1. The van der Waals surface area contributed by atoms with E-state index < -0.39 is 0 Å². The molecule has 1 aromatic rings. The minimum atomic E-state index is 0.785. The minimum Gasteiger partial charge on any atom is -0.298 e. The molecule has 0 saturated carbocycles. The van der Waals surface area contributed by atoms with Crippen molar-refractivity contribution in [2.75, 3.05) is 0 Å². The van der Waals surface area contributed by atoms with Crippen LogP contribution in [0.1, 0.15) is 10.4 Å². The zero-order chi connectivity index (χ0) is 5.98. The number of aldehydes is 1. The Morgan fingerprint density at radius 1 is 1.75 bits per heavy atom. The second kappa shape index (κ2) is 2.14. The molecule has 0 aliphatic heterocycles. The molecule has 0 unspecified atom stereocenters. The first kappa shape index (κ1) is 5.57. The summed E-state index contributed by atoms with van der Waals surface area (Å²) in [5.74, 6) is 0. The van der Waals surface area contributed by atoms with Crippen molar-refractivity contribution in [3.63, 3.8) is 0 Å². The molecule has 0 aliphatic carbocycles. The summed E-state index contributed by atoms with van der Waals surface area (Å²) in [7, 11) is 1.98. The number of carbonyl (C=O) groups is 1. The second-order valence-electron chi connectivity index (χ2n) is 1.61. The van der Waals surface area contributed by atoms with Crippen LogP contribution in [0.5, 0.6) is 0 Å². The van der Waals surface area contributed by atoms with E-state index in [9.17, 15) is 4.79 Å². The van der Waals surface area contributed by atoms with Gasteiger partial charge in [0, 0.05) is 10.9 Å². The van der Waals surface area contributed by atoms with E-state index in [-0.39, 0.29) is 0 Å². The fourth-order valence-corrected chi connectivity index (χ4v) is 1.18. The van der Waals surface area contributed by atoms with E-state index in [1.54, 1.807) is 11.3 Å². The van der Waals surface area contributed by atoms with Crippen LogP contribution in [0, 0.1) is 0 Å². The van der Waals surface area contributed by atoms with Gasteiger partial charge in [0.2, 0.25) is 0 Å². The van der Waals surface area contributed by atoms with Crippen LogP contribution in [-0.2, 0) is 0 Å². The summed E-state index contributed by atoms with van der Waals surface area (Å²) in [4.78, 5) is 10.0. The van der Waals surface area contributed by atoms with Crippen LogP contribution < -0.4 is 4.78 Å². The minimum absolute atomic E-state index is 0.785. The Bertz CT molecular complexity index is 194. The molecule has 0 radical (unpaired) electrons. The predicted molar refractivity (Wildman–Crippen MR) is 37.9 cm³/mol. The Morgan fingerprint density at radius 3 is 2.75 bits per heavy atom. The molecule has 0 bridgehead atoms. The maximum atomic E-state index is 10.0. The van der Waals surface area contributed by atoms with Crippen LogP contribution in [0.25, 0.3) is 0 Å². The van der Waals surface area contributed by atoms with Gasteiger partial charge in [-0.05, 0) is 10.8 Å². The smallest absolute Gasteiger partial charge is 0.152 e. The van der Waals surface area contributed by atoms with Crippen molar-refractivity contribution in [1.29, 1.82) is 0 Å². The lowest BCUT2D eigenvalue weighted by molar-refractivity contribution is 0.112. The zero-order valence-electron chi connectivity index (χ0n) is 4.55. The van der Waals surface area contributed by atoms with Gasteiger partial charge in [0.1, 0.15) is 0 Å². The number of hydrogen-bond acceptors (Lipinski definition) is 2. The Kier molecular flexibility index (Phi) is 1.49. The number of rotatable bonds is 1. The van der Waals surface area contributed by atoms with Gasteiger partial charge in [0.05, 0.1) is 0 Å². The van der Waals surface area contributed by atoms with Gasteiger partial charge in [-0.1, -0.05) is 0 Å². The summed E-state index contributed by atoms with van der Waals surface area (Å²) >= 11 is 1.60. The van der Waals surface area contributed by atoms with E-state index in [2.05, 4.69) is 0 Å². The fourth-order valence-electron chi connectivity index (χ4n) is 0.526.